The number of carbonyl (C=O) groups is 1. The van der Waals surface area contributed by atoms with Crippen LogP contribution in [0.5, 0.6) is 0 Å². The Bertz CT molecular complexity index is 309. The van der Waals surface area contributed by atoms with Gasteiger partial charge in [-0.25, -0.2) is 4.79 Å². The number of hydrogen-bond donors (Lipinski definition) is 1. The molecule has 0 spiro atoms. The molecule has 2 unspecified atom stereocenters. The highest BCUT2D eigenvalue weighted by Gasteiger charge is 2.24. The molecule has 0 saturated carbocycles. The summed E-state index contributed by atoms with van der Waals surface area (Å²) in [5.41, 5.74) is 0.799. The van der Waals surface area contributed by atoms with Gasteiger partial charge in [0.2, 0.25) is 0 Å². The SMILES string of the molecule is CC=CC(=C(C)Cl)C(OC)C(C)OC(=O)NC. The van der Waals surface area contributed by atoms with E-state index in [-0.39, 0.29) is 6.10 Å². The van der Waals surface area contributed by atoms with Crippen molar-refractivity contribution in [3.05, 3.63) is 22.8 Å². The summed E-state index contributed by atoms with van der Waals surface area (Å²) in [6.45, 7) is 5.42. The summed E-state index contributed by atoms with van der Waals surface area (Å²) < 4.78 is 10.5. The zero-order chi connectivity index (χ0) is 13.4. The summed E-state index contributed by atoms with van der Waals surface area (Å²) >= 11 is 6.00. The lowest BCUT2D eigenvalue weighted by Crippen LogP contribution is -2.34. The van der Waals surface area contributed by atoms with Crippen LogP contribution in [0, 0.1) is 0 Å². The summed E-state index contributed by atoms with van der Waals surface area (Å²) in [6.07, 6.45) is 2.40. The molecule has 0 aromatic rings. The normalized spacial score (nSPS) is 16.4. The lowest BCUT2D eigenvalue weighted by Gasteiger charge is -2.24. The van der Waals surface area contributed by atoms with Crippen LogP contribution < -0.4 is 5.32 Å². The number of hydrogen-bond acceptors (Lipinski definition) is 3. The molecule has 98 valence electrons. The van der Waals surface area contributed by atoms with Crippen LogP contribution in [-0.4, -0.2) is 32.5 Å². The molecule has 0 aromatic heterocycles. The largest absolute Gasteiger partial charge is 0.443 e. The van der Waals surface area contributed by atoms with Crippen molar-refractivity contribution in [3.63, 3.8) is 0 Å². The Hall–Kier alpha value is -1.00. The average Bonchev–Trinajstić information content (AvgIpc) is 2.28. The summed E-state index contributed by atoms with van der Waals surface area (Å²) in [5.74, 6) is 0. The Morgan fingerprint density at radius 1 is 1.47 bits per heavy atom. The van der Waals surface area contributed by atoms with Gasteiger partial charge in [0.25, 0.3) is 0 Å². The van der Waals surface area contributed by atoms with Crippen LogP contribution in [0.2, 0.25) is 0 Å². The van der Waals surface area contributed by atoms with Gasteiger partial charge in [-0.1, -0.05) is 23.8 Å². The molecule has 1 N–H and O–H groups in total. The van der Waals surface area contributed by atoms with Crippen LogP contribution in [0.25, 0.3) is 0 Å². The molecule has 0 bridgehead atoms. The molecule has 0 radical (unpaired) electrons. The minimum Gasteiger partial charge on any atom is -0.443 e. The van der Waals surface area contributed by atoms with E-state index in [4.69, 9.17) is 21.1 Å². The van der Waals surface area contributed by atoms with Gasteiger partial charge in [-0.05, 0) is 26.3 Å². The van der Waals surface area contributed by atoms with Crippen molar-refractivity contribution in [2.75, 3.05) is 14.2 Å². The number of allylic oxidation sites excluding steroid dienone is 2. The first kappa shape index (κ1) is 16.0. The van der Waals surface area contributed by atoms with E-state index in [2.05, 4.69) is 5.32 Å². The van der Waals surface area contributed by atoms with Crippen molar-refractivity contribution in [2.45, 2.75) is 33.0 Å². The van der Waals surface area contributed by atoms with E-state index in [1.54, 1.807) is 21.0 Å². The minimum absolute atomic E-state index is 0.388. The number of methoxy groups -OCH3 is 1. The lowest BCUT2D eigenvalue weighted by atomic mass is 10.0. The molecule has 0 saturated heterocycles. The van der Waals surface area contributed by atoms with Crippen LogP contribution >= 0.6 is 11.6 Å². The number of halogens is 1. The number of nitrogens with one attached hydrogen (secondary N) is 1. The van der Waals surface area contributed by atoms with E-state index in [1.165, 1.54) is 7.05 Å². The first-order chi connectivity index (χ1) is 7.97. The first-order valence-corrected chi connectivity index (χ1v) is 5.75. The van der Waals surface area contributed by atoms with Crippen molar-refractivity contribution in [2.24, 2.45) is 0 Å². The van der Waals surface area contributed by atoms with Crippen LogP contribution in [0.1, 0.15) is 20.8 Å². The Morgan fingerprint density at radius 3 is 2.41 bits per heavy atom. The van der Waals surface area contributed by atoms with E-state index < -0.39 is 12.2 Å². The molecule has 17 heavy (non-hydrogen) atoms. The van der Waals surface area contributed by atoms with Crippen LogP contribution in [-0.2, 0) is 9.47 Å². The highest BCUT2D eigenvalue weighted by atomic mass is 35.5. The highest BCUT2D eigenvalue weighted by Crippen LogP contribution is 2.21. The topological polar surface area (TPSA) is 47.6 Å². The van der Waals surface area contributed by atoms with Crippen molar-refractivity contribution >= 4 is 17.7 Å². The lowest BCUT2D eigenvalue weighted by molar-refractivity contribution is 0.00791. The van der Waals surface area contributed by atoms with Crippen molar-refractivity contribution in [1.82, 2.24) is 5.32 Å². The predicted molar refractivity (Wildman–Crippen MR) is 69.2 cm³/mol. The smallest absolute Gasteiger partial charge is 0.407 e. The Kier molecular flexibility index (Phi) is 7.66. The Labute approximate surface area is 108 Å². The van der Waals surface area contributed by atoms with Gasteiger partial charge in [0.05, 0.1) is 0 Å². The Balaban J connectivity index is 4.92. The zero-order valence-corrected chi connectivity index (χ0v) is 11.7. The molecule has 0 heterocycles. The van der Waals surface area contributed by atoms with Gasteiger partial charge >= 0.3 is 6.09 Å². The van der Waals surface area contributed by atoms with E-state index in [0.717, 1.165) is 5.57 Å². The maximum atomic E-state index is 11.1. The molecule has 5 heteroatoms. The summed E-state index contributed by atoms with van der Waals surface area (Å²) in [5, 5.41) is 3.00. The number of rotatable bonds is 5. The van der Waals surface area contributed by atoms with Gasteiger partial charge in [0, 0.05) is 19.2 Å². The standard InChI is InChI=1S/C12H20ClNO3/c1-6-7-10(8(2)13)11(16-5)9(3)17-12(15)14-4/h6-7,9,11H,1-5H3,(H,14,15). The second-order valence-corrected chi connectivity index (χ2v) is 4.07. The molecule has 0 rings (SSSR count). The first-order valence-electron chi connectivity index (χ1n) is 5.38. The molecule has 0 aliphatic heterocycles. The molecule has 0 aliphatic carbocycles. The third-order valence-corrected chi connectivity index (χ3v) is 2.45. The van der Waals surface area contributed by atoms with E-state index >= 15 is 0 Å². The van der Waals surface area contributed by atoms with Crippen molar-refractivity contribution in [1.29, 1.82) is 0 Å². The predicted octanol–water partition coefficient (Wildman–Crippen LogP) is 2.83. The molecule has 1 amide bonds. The maximum Gasteiger partial charge on any atom is 0.407 e. The van der Waals surface area contributed by atoms with Crippen LogP contribution in [0.3, 0.4) is 0 Å². The quantitative estimate of drug-likeness (QED) is 0.774. The second-order valence-electron chi connectivity index (χ2n) is 3.51. The zero-order valence-electron chi connectivity index (χ0n) is 10.9. The maximum absolute atomic E-state index is 11.1. The fraction of sp³-hybridized carbons (Fsp3) is 0.583. The number of alkyl carbamates (subject to hydrolysis) is 1. The third-order valence-electron chi connectivity index (χ3n) is 2.23. The summed E-state index contributed by atoms with van der Waals surface area (Å²) in [6, 6.07) is 0. The number of carbonyl (C=O) groups excluding carboxylic acids is 1. The number of amides is 1. The van der Waals surface area contributed by atoms with Gasteiger partial charge < -0.3 is 14.8 Å². The van der Waals surface area contributed by atoms with Gasteiger partial charge in [-0.3, -0.25) is 0 Å². The Morgan fingerprint density at radius 2 is 2.06 bits per heavy atom. The molecular formula is C12H20ClNO3. The molecule has 0 aromatic carbocycles. The van der Waals surface area contributed by atoms with Gasteiger partial charge in [0.1, 0.15) is 12.2 Å². The second kappa shape index (κ2) is 8.14. The third kappa shape index (κ3) is 5.24. The van der Waals surface area contributed by atoms with Crippen molar-refractivity contribution in [3.8, 4) is 0 Å². The molecule has 2 atom stereocenters. The van der Waals surface area contributed by atoms with E-state index in [0.29, 0.717) is 5.03 Å². The molecular weight excluding hydrogens is 242 g/mol. The van der Waals surface area contributed by atoms with Crippen LogP contribution in [0.15, 0.2) is 22.8 Å². The average molecular weight is 262 g/mol. The fourth-order valence-electron chi connectivity index (χ4n) is 1.45. The van der Waals surface area contributed by atoms with E-state index in [1.807, 2.05) is 19.1 Å². The van der Waals surface area contributed by atoms with Gasteiger partial charge in [-0.2, -0.15) is 0 Å². The molecule has 4 nitrogen and oxygen atoms in total. The van der Waals surface area contributed by atoms with Crippen LogP contribution in [0.4, 0.5) is 4.79 Å². The molecule has 0 aliphatic rings. The van der Waals surface area contributed by atoms with Crippen molar-refractivity contribution < 1.29 is 14.3 Å². The van der Waals surface area contributed by atoms with E-state index in [9.17, 15) is 4.79 Å². The summed E-state index contributed by atoms with van der Waals surface area (Å²) in [4.78, 5) is 11.1. The monoisotopic (exact) mass is 261 g/mol. The minimum atomic E-state index is -0.494. The molecule has 0 fully saturated rings. The van der Waals surface area contributed by atoms with Gasteiger partial charge in [0.15, 0.2) is 0 Å². The fourth-order valence-corrected chi connectivity index (χ4v) is 1.62. The summed E-state index contributed by atoms with van der Waals surface area (Å²) in [7, 11) is 3.06. The highest BCUT2D eigenvalue weighted by molar-refractivity contribution is 6.29. The van der Waals surface area contributed by atoms with Gasteiger partial charge in [-0.15, -0.1) is 0 Å². The number of ether oxygens (including phenoxy) is 2.